The van der Waals surface area contributed by atoms with Gasteiger partial charge in [-0.2, -0.15) is 0 Å². The molecular weight excluding hydrogens is 424 g/mol. The average Bonchev–Trinajstić information content (AvgIpc) is 3.14. The van der Waals surface area contributed by atoms with E-state index in [1.165, 1.54) is 11.8 Å². The molecule has 0 aliphatic carbocycles. The summed E-state index contributed by atoms with van der Waals surface area (Å²) in [6.45, 7) is 3.99. The number of amidine groups is 2. The van der Waals surface area contributed by atoms with Crippen LogP contribution in [0, 0.1) is 0 Å². The summed E-state index contributed by atoms with van der Waals surface area (Å²) in [5.41, 5.74) is 2.30. The number of nitrogens with zero attached hydrogens (tertiary/aromatic N) is 3. The Morgan fingerprint density at radius 3 is 2.62 bits per heavy atom. The maximum Gasteiger partial charge on any atom is 0.259 e. The Labute approximate surface area is 192 Å². The first-order chi connectivity index (χ1) is 15.5. The third-order valence-corrected chi connectivity index (χ3v) is 6.69. The molecule has 0 aromatic heterocycles. The summed E-state index contributed by atoms with van der Waals surface area (Å²) in [5.74, 6) is 1.14. The molecule has 2 aromatic rings. The van der Waals surface area contributed by atoms with Crippen LogP contribution in [0.4, 0.5) is 11.4 Å². The molecule has 2 amide bonds. The molecule has 2 atom stereocenters. The number of para-hydroxylation sites is 1. The highest BCUT2D eigenvalue weighted by molar-refractivity contribution is 8.15. The van der Waals surface area contributed by atoms with Crippen LogP contribution < -0.4 is 10.1 Å². The van der Waals surface area contributed by atoms with Gasteiger partial charge in [0.05, 0.1) is 18.0 Å². The van der Waals surface area contributed by atoms with Gasteiger partial charge in [-0.3, -0.25) is 14.6 Å². The van der Waals surface area contributed by atoms with E-state index in [4.69, 9.17) is 14.7 Å². The molecule has 7 nitrogen and oxygen atoms in total. The molecule has 0 fully saturated rings. The lowest BCUT2D eigenvalue weighted by molar-refractivity contribution is -0.124. The van der Waals surface area contributed by atoms with Gasteiger partial charge in [-0.25, -0.2) is 9.89 Å². The molecule has 0 bridgehead atoms. The second-order valence-corrected chi connectivity index (χ2v) is 8.74. The van der Waals surface area contributed by atoms with E-state index >= 15 is 0 Å². The Morgan fingerprint density at radius 1 is 1.19 bits per heavy atom. The molecule has 2 aliphatic heterocycles. The summed E-state index contributed by atoms with van der Waals surface area (Å²) in [7, 11) is 1.60. The van der Waals surface area contributed by atoms with E-state index in [2.05, 4.69) is 5.32 Å². The quantitative estimate of drug-likeness (QED) is 0.668. The SMILES string of the molecule is CCC[C@H]1N=C2c3ccccc3N=C(S[C@H](CC)C(=O)Nc3ccc(OC)cc3)N2C1=O. The summed E-state index contributed by atoms with van der Waals surface area (Å²) in [6, 6.07) is 14.5. The molecule has 2 aliphatic rings. The van der Waals surface area contributed by atoms with Gasteiger partial charge in [0.25, 0.3) is 5.91 Å². The largest absolute Gasteiger partial charge is 0.497 e. The Kier molecular flexibility index (Phi) is 6.60. The number of nitrogens with one attached hydrogen (secondary N) is 1. The maximum atomic E-state index is 13.1. The van der Waals surface area contributed by atoms with E-state index < -0.39 is 11.3 Å². The zero-order valence-electron chi connectivity index (χ0n) is 18.4. The molecule has 166 valence electrons. The minimum Gasteiger partial charge on any atom is -0.497 e. The van der Waals surface area contributed by atoms with E-state index in [-0.39, 0.29) is 11.8 Å². The second kappa shape index (κ2) is 9.56. The Hall–Kier alpha value is -3.13. The zero-order valence-corrected chi connectivity index (χ0v) is 19.2. The van der Waals surface area contributed by atoms with Gasteiger partial charge in [-0.05, 0) is 49.2 Å². The fourth-order valence-corrected chi connectivity index (χ4v) is 4.71. The maximum absolute atomic E-state index is 13.1. The third-order valence-electron chi connectivity index (χ3n) is 5.38. The van der Waals surface area contributed by atoms with Crippen LogP contribution in [0.1, 0.15) is 38.7 Å². The van der Waals surface area contributed by atoms with Crippen molar-refractivity contribution >= 4 is 46.0 Å². The number of thioether (sulfide) groups is 1. The Bertz CT molecular complexity index is 1080. The van der Waals surface area contributed by atoms with Crippen molar-refractivity contribution in [3.05, 3.63) is 54.1 Å². The van der Waals surface area contributed by atoms with Crippen LogP contribution in [0.2, 0.25) is 0 Å². The number of carbonyl (C=O) groups excluding carboxylic acids is 2. The second-order valence-electron chi connectivity index (χ2n) is 7.57. The van der Waals surface area contributed by atoms with Crippen molar-refractivity contribution in [3.63, 3.8) is 0 Å². The highest BCUT2D eigenvalue weighted by atomic mass is 32.2. The van der Waals surface area contributed by atoms with Crippen molar-refractivity contribution in [2.45, 2.75) is 44.4 Å². The van der Waals surface area contributed by atoms with Crippen LogP contribution in [0.25, 0.3) is 0 Å². The first kappa shape index (κ1) is 22.1. The summed E-state index contributed by atoms with van der Waals surface area (Å²) >= 11 is 1.30. The molecule has 4 rings (SSSR count). The average molecular weight is 451 g/mol. The highest BCUT2D eigenvalue weighted by Crippen LogP contribution is 2.36. The molecule has 0 saturated heterocycles. The monoisotopic (exact) mass is 450 g/mol. The van der Waals surface area contributed by atoms with Crippen molar-refractivity contribution < 1.29 is 14.3 Å². The molecule has 0 spiro atoms. The van der Waals surface area contributed by atoms with E-state index in [1.807, 2.05) is 38.1 Å². The Morgan fingerprint density at radius 2 is 1.94 bits per heavy atom. The normalized spacial score (nSPS) is 17.8. The van der Waals surface area contributed by atoms with Crippen molar-refractivity contribution in [1.29, 1.82) is 0 Å². The van der Waals surface area contributed by atoms with Crippen LogP contribution in [0.5, 0.6) is 5.75 Å². The van der Waals surface area contributed by atoms with Gasteiger partial charge < -0.3 is 10.1 Å². The summed E-state index contributed by atoms with van der Waals surface area (Å²) in [6.07, 6.45) is 2.14. The lowest BCUT2D eigenvalue weighted by Gasteiger charge is -2.27. The van der Waals surface area contributed by atoms with Crippen LogP contribution >= 0.6 is 11.8 Å². The molecule has 2 heterocycles. The van der Waals surface area contributed by atoms with Crippen molar-refractivity contribution in [2.24, 2.45) is 9.98 Å². The van der Waals surface area contributed by atoms with E-state index in [0.717, 1.165) is 23.4 Å². The van der Waals surface area contributed by atoms with Crippen LogP contribution in [0.3, 0.4) is 0 Å². The topological polar surface area (TPSA) is 83.4 Å². The first-order valence-corrected chi connectivity index (χ1v) is 11.6. The molecule has 32 heavy (non-hydrogen) atoms. The van der Waals surface area contributed by atoms with Crippen LogP contribution in [0.15, 0.2) is 58.5 Å². The molecule has 2 aromatic carbocycles. The number of hydrogen-bond acceptors (Lipinski definition) is 6. The van der Waals surface area contributed by atoms with Crippen molar-refractivity contribution in [1.82, 2.24) is 4.90 Å². The molecule has 8 heteroatoms. The number of rotatable bonds is 7. The van der Waals surface area contributed by atoms with Gasteiger partial charge in [0.15, 0.2) is 5.17 Å². The zero-order chi connectivity index (χ0) is 22.7. The first-order valence-electron chi connectivity index (χ1n) is 10.8. The number of anilines is 1. The van der Waals surface area contributed by atoms with Crippen LogP contribution in [-0.4, -0.2) is 46.1 Å². The standard InChI is InChI=1S/C24H26N4O3S/c1-4-8-19-23(30)28-21(26-19)17-9-6-7-10-18(17)27-24(28)32-20(5-2)22(29)25-15-11-13-16(31-3)14-12-15/h6-7,9-14,19-20H,4-5,8H2,1-3H3,(H,25,29)/t19-,20-/m1/s1. The number of carbonyl (C=O) groups is 2. The van der Waals surface area contributed by atoms with Gasteiger partial charge in [-0.15, -0.1) is 0 Å². The smallest absolute Gasteiger partial charge is 0.259 e. The van der Waals surface area contributed by atoms with E-state index in [0.29, 0.717) is 29.5 Å². The third kappa shape index (κ3) is 4.27. The number of ether oxygens (including phenoxy) is 1. The van der Waals surface area contributed by atoms with Crippen LogP contribution in [-0.2, 0) is 9.59 Å². The molecular formula is C24H26N4O3S. The predicted octanol–water partition coefficient (Wildman–Crippen LogP) is 4.60. The lowest BCUT2D eigenvalue weighted by atomic mass is 10.1. The number of hydrogen-bond donors (Lipinski definition) is 1. The number of aliphatic imine (C=N–C) groups is 2. The number of fused-ring (bicyclic) bond motifs is 3. The molecule has 0 saturated carbocycles. The molecule has 0 unspecified atom stereocenters. The summed E-state index contributed by atoms with van der Waals surface area (Å²) in [5, 5.41) is 3.04. The van der Waals surface area contributed by atoms with Crippen molar-refractivity contribution in [3.8, 4) is 5.75 Å². The number of amides is 2. The summed E-state index contributed by atoms with van der Waals surface area (Å²) < 4.78 is 5.17. The number of benzene rings is 2. The fraction of sp³-hybridized carbons (Fsp3) is 0.333. The van der Waals surface area contributed by atoms with E-state index in [1.54, 1.807) is 36.3 Å². The number of methoxy groups -OCH3 is 1. The van der Waals surface area contributed by atoms with Gasteiger partial charge in [0.2, 0.25) is 5.91 Å². The fourth-order valence-electron chi connectivity index (χ4n) is 3.69. The molecule has 1 N–H and O–H groups in total. The van der Waals surface area contributed by atoms with Gasteiger partial charge in [-0.1, -0.05) is 44.2 Å². The molecule has 0 radical (unpaired) electrons. The van der Waals surface area contributed by atoms with Gasteiger partial charge in [0, 0.05) is 11.3 Å². The predicted molar refractivity (Wildman–Crippen MR) is 129 cm³/mol. The minimum atomic E-state index is -0.416. The Balaban J connectivity index is 1.58. The van der Waals surface area contributed by atoms with Gasteiger partial charge >= 0.3 is 0 Å². The highest BCUT2D eigenvalue weighted by Gasteiger charge is 2.41. The van der Waals surface area contributed by atoms with Crippen molar-refractivity contribution in [2.75, 3.05) is 12.4 Å². The van der Waals surface area contributed by atoms with E-state index in [9.17, 15) is 9.59 Å². The van der Waals surface area contributed by atoms with Gasteiger partial charge in [0.1, 0.15) is 17.6 Å². The minimum absolute atomic E-state index is 0.0759. The summed E-state index contributed by atoms with van der Waals surface area (Å²) in [4.78, 5) is 37.2. The lowest BCUT2D eigenvalue weighted by Crippen LogP contribution is -2.42.